The van der Waals surface area contributed by atoms with E-state index in [4.69, 9.17) is 4.74 Å². The molecule has 3 rings (SSSR count). The second-order valence-corrected chi connectivity index (χ2v) is 6.49. The molecule has 0 radical (unpaired) electrons. The number of fused-ring (bicyclic) bond motifs is 1. The average molecular weight is 338 g/mol. The van der Waals surface area contributed by atoms with Crippen molar-refractivity contribution in [3.8, 4) is 5.75 Å². The Kier molecular flexibility index (Phi) is 5.03. The fraction of sp³-hybridized carbons (Fsp3) is 0.300. The Labute approximate surface area is 147 Å². The van der Waals surface area contributed by atoms with E-state index >= 15 is 0 Å². The molecule has 0 atom stereocenters. The van der Waals surface area contributed by atoms with E-state index in [1.54, 1.807) is 0 Å². The predicted octanol–water partition coefficient (Wildman–Crippen LogP) is 3.71. The van der Waals surface area contributed by atoms with E-state index < -0.39 is 0 Å². The number of benzene rings is 2. The Balaban J connectivity index is 1.55. The largest absolute Gasteiger partial charge is 0.482 e. The van der Waals surface area contributed by atoms with Crippen molar-refractivity contribution in [3.63, 3.8) is 0 Å². The summed E-state index contributed by atoms with van der Waals surface area (Å²) in [4.78, 5) is 23.5. The maximum Gasteiger partial charge on any atom is 0.262 e. The van der Waals surface area contributed by atoms with Crippen LogP contribution in [-0.2, 0) is 16.0 Å². The minimum Gasteiger partial charge on any atom is -0.482 e. The molecule has 0 unspecified atom stereocenters. The SMILES string of the molecule is CC(C)c1ccc(NC(=O)CCc2ccc3c(c2)NC(=O)CO3)cc1. The summed E-state index contributed by atoms with van der Waals surface area (Å²) in [5.74, 6) is 0.943. The first-order valence-electron chi connectivity index (χ1n) is 8.46. The summed E-state index contributed by atoms with van der Waals surface area (Å²) in [7, 11) is 0. The van der Waals surface area contributed by atoms with Crippen molar-refractivity contribution in [2.45, 2.75) is 32.6 Å². The Hall–Kier alpha value is -2.82. The molecule has 1 aliphatic rings. The monoisotopic (exact) mass is 338 g/mol. The molecule has 130 valence electrons. The molecule has 25 heavy (non-hydrogen) atoms. The molecule has 0 saturated heterocycles. The molecule has 5 heteroatoms. The highest BCUT2D eigenvalue weighted by atomic mass is 16.5. The third kappa shape index (κ3) is 4.38. The van der Waals surface area contributed by atoms with E-state index in [1.165, 1.54) is 5.56 Å². The third-order valence-corrected chi connectivity index (χ3v) is 4.18. The van der Waals surface area contributed by atoms with Gasteiger partial charge in [-0.1, -0.05) is 32.0 Å². The molecule has 0 aliphatic carbocycles. The number of hydrogen-bond acceptors (Lipinski definition) is 3. The van der Waals surface area contributed by atoms with Crippen LogP contribution in [0.1, 0.15) is 37.3 Å². The van der Waals surface area contributed by atoms with Gasteiger partial charge in [0, 0.05) is 12.1 Å². The highest BCUT2D eigenvalue weighted by Gasteiger charge is 2.16. The van der Waals surface area contributed by atoms with Gasteiger partial charge >= 0.3 is 0 Å². The van der Waals surface area contributed by atoms with Gasteiger partial charge in [-0.15, -0.1) is 0 Å². The van der Waals surface area contributed by atoms with Gasteiger partial charge in [0.25, 0.3) is 5.91 Å². The summed E-state index contributed by atoms with van der Waals surface area (Å²) in [6.07, 6.45) is 0.971. The molecule has 0 bridgehead atoms. The molecular weight excluding hydrogens is 316 g/mol. The quantitative estimate of drug-likeness (QED) is 0.873. The number of rotatable bonds is 5. The molecule has 0 fully saturated rings. The summed E-state index contributed by atoms with van der Waals surface area (Å²) in [5.41, 5.74) is 3.70. The molecule has 2 aromatic rings. The highest BCUT2D eigenvalue weighted by molar-refractivity contribution is 5.95. The van der Waals surface area contributed by atoms with Gasteiger partial charge in [0.1, 0.15) is 5.75 Å². The first kappa shape index (κ1) is 17.0. The molecular formula is C20H22N2O3. The number of carbonyl (C=O) groups excluding carboxylic acids is 2. The number of carbonyl (C=O) groups is 2. The molecule has 2 N–H and O–H groups in total. The minimum absolute atomic E-state index is 0.0321. The summed E-state index contributed by atoms with van der Waals surface area (Å²) < 4.78 is 5.33. The Bertz CT molecular complexity index is 782. The van der Waals surface area contributed by atoms with Crippen LogP contribution in [0.3, 0.4) is 0 Å². The maximum absolute atomic E-state index is 12.1. The second kappa shape index (κ2) is 7.38. The van der Waals surface area contributed by atoms with Gasteiger partial charge in [-0.3, -0.25) is 9.59 Å². The molecule has 0 aromatic heterocycles. The number of ether oxygens (including phenoxy) is 1. The van der Waals surface area contributed by atoms with Gasteiger partial charge in [0.05, 0.1) is 5.69 Å². The molecule has 1 aliphatic heterocycles. The lowest BCUT2D eigenvalue weighted by Gasteiger charge is -2.18. The van der Waals surface area contributed by atoms with Crippen molar-refractivity contribution in [2.75, 3.05) is 17.2 Å². The Morgan fingerprint density at radius 3 is 2.68 bits per heavy atom. The maximum atomic E-state index is 12.1. The Morgan fingerprint density at radius 2 is 1.96 bits per heavy atom. The zero-order chi connectivity index (χ0) is 17.8. The minimum atomic E-state index is -0.160. The van der Waals surface area contributed by atoms with E-state index in [0.29, 0.717) is 30.2 Å². The van der Waals surface area contributed by atoms with Gasteiger partial charge in [-0.25, -0.2) is 0 Å². The first-order chi connectivity index (χ1) is 12.0. The highest BCUT2D eigenvalue weighted by Crippen LogP contribution is 2.28. The average Bonchev–Trinajstić information content (AvgIpc) is 2.60. The third-order valence-electron chi connectivity index (χ3n) is 4.18. The summed E-state index contributed by atoms with van der Waals surface area (Å²) in [5, 5.41) is 5.69. The summed E-state index contributed by atoms with van der Waals surface area (Å²) >= 11 is 0. The van der Waals surface area contributed by atoms with Crippen molar-refractivity contribution in [1.29, 1.82) is 0 Å². The van der Waals surface area contributed by atoms with Crippen LogP contribution in [0, 0.1) is 0 Å². The zero-order valence-corrected chi connectivity index (χ0v) is 14.5. The van der Waals surface area contributed by atoms with Crippen LogP contribution in [0.2, 0.25) is 0 Å². The number of amides is 2. The fourth-order valence-corrected chi connectivity index (χ4v) is 2.72. The van der Waals surface area contributed by atoms with Crippen LogP contribution in [0.4, 0.5) is 11.4 Å². The first-order valence-corrected chi connectivity index (χ1v) is 8.46. The number of anilines is 2. The van der Waals surface area contributed by atoms with Crippen LogP contribution in [0.25, 0.3) is 0 Å². The van der Waals surface area contributed by atoms with Crippen molar-refractivity contribution >= 4 is 23.2 Å². The van der Waals surface area contributed by atoms with Crippen LogP contribution in [0.15, 0.2) is 42.5 Å². The molecule has 1 heterocycles. The van der Waals surface area contributed by atoms with Crippen molar-refractivity contribution in [2.24, 2.45) is 0 Å². The molecule has 0 spiro atoms. The summed E-state index contributed by atoms with van der Waals surface area (Å²) in [6, 6.07) is 13.5. The van der Waals surface area contributed by atoms with E-state index in [2.05, 4.69) is 24.5 Å². The number of hydrogen-bond donors (Lipinski definition) is 2. The van der Waals surface area contributed by atoms with Gasteiger partial charge in [-0.05, 0) is 47.7 Å². The normalized spacial score (nSPS) is 13.0. The van der Waals surface area contributed by atoms with E-state index in [0.717, 1.165) is 11.3 Å². The molecule has 2 amide bonds. The predicted molar refractivity (Wildman–Crippen MR) is 98.0 cm³/mol. The number of nitrogens with one attached hydrogen (secondary N) is 2. The van der Waals surface area contributed by atoms with E-state index in [1.807, 2.05) is 42.5 Å². The molecule has 5 nitrogen and oxygen atoms in total. The smallest absolute Gasteiger partial charge is 0.262 e. The van der Waals surface area contributed by atoms with Crippen LogP contribution < -0.4 is 15.4 Å². The number of aryl methyl sites for hydroxylation is 1. The molecule has 2 aromatic carbocycles. The fourth-order valence-electron chi connectivity index (χ4n) is 2.72. The summed E-state index contributed by atoms with van der Waals surface area (Å²) in [6.45, 7) is 4.32. The van der Waals surface area contributed by atoms with Crippen molar-refractivity contribution < 1.29 is 14.3 Å². The Morgan fingerprint density at radius 1 is 1.20 bits per heavy atom. The van der Waals surface area contributed by atoms with Crippen molar-refractivity contribution in [3.05, 3.63) is 53.6 Å². The van der Waals surface area contributed by atoms with Crippen LogP contribution >= 0.6 is 0 Å². The molecule has 0 saturated carbocycles. The second-order valence-electron chi connectivity index (χ2n) is 6.49. The van der Waals surface area contributed by atoms with E-state index in [9.17, 15) is 9.59 Å². The van der Waals surface area contributed by atoms with Gasteiger partial charge < -0.3 is 15.4 Å². The van der Waals surface area contributed by atoms with E-state index in [-0.39, 0.29) is 18.4 Å². The van der Waals surface area contributed by atoms with Crippen LogP contribution in [0.5, 0.6) is 5.75 Å². The lowest BCUT2D eigenvalue weighted by atomic mass is 10.0. The van der Waals surface area contributed by atoms with Gasteiger partial charge in [-0.2, -0.15) is 0 Å². The van der Waals surface area contributed by atoms with Gasteiger partial charge in [0.2, 0.25) is 5.91 Å². The van der Waals surface area contributed by atoms with Crippen molar-refractivity contribution in [1.82, 2.24) is 0 Å². The van der Waals surface area contributed by atoms with Gasteiger partial charge in [0.15, 0.2) is 6.61 Å². The standard InChI is InChI=1S/C20H22N2O3/c1-13(2)15-5-7-16(8-6-15)21-19(23)10-4-14-3-9-18-17(11-14)22-20(24)12-25-18/h3,5-9,11,13H,4,10,12H2,1-2H3,(H,21,23)(H,22,24). The zero-order valence-electron chi connectivity index (χ0n) is 14.5. The lowest BCUT2D eigenvalue weighted by Crippen LogP contribution is -2.25. The lowest BCUT2D eigenvalue weighted by molar-refractivity contribution is -0.118. The topological polar surface area (TPSA) is 67.4 Å². The van der Waals surface area contributed by atoms with Crippen LogP contribution in [-0.4, -0.2) is 18.4 Å².